The Morgan fingerprint density at radius 3 is 1.35 bits per heavy atom. The van der Waals surface area contributed by atoms with Crippen molar-refractivity contribution in [3.63, 3.8) is 0 Å². The first-order valence-corrected chi connectivity index (χ1v) is 11.7. The van der Waals surface area contributed by atoms with Crippen molar-refractivity contribution < 1.29 is 13.2 Å². The molecule has 1 aliphatic rings. The fraction of sp³-hybridized carbons (Fsp3) is 0.0667. The van der Waals surface area contributed by atoms with E-state index in [0.29, 0.717) is 0 Å². The Kier molecular flexibility index (Phi) is 5.93. The highest BCUT2D eigenvalue weighted by atomic mass is 32.2. The summed E-state index contributed by atoms with van der Waals surface area (Å²) >= 11 is 1.68. The smallest absolute Gasteiger partial charge is 0.166 e. The fourth-order valence-electron chi connectivity index (χ4n) is 4.27. The van der Waals surface area contributed by atoms with Gasteiger partial charge in [-0.3, -0.25) is 0 Å². The summed E-state index contributed by atoms with van der Waals surface area (Å²) in [4.78, 5) is 2.12. The zero-order valence-electron chi connectivity index (χ0n) is 18.2. The summed E-state index contributed by atoms with van der Waals surface area (Å²) in [6.07, 6.45) is -0.0222. The van der Waals surface area contributed by atoms with Crippen LogP contribution in [0, 0.1) is 0 Å². The highest BCUT2D eigenvalue weighted by Crippen LogP contribution is 2.51. The number of halogens is 3. The molecule has 4 aromatic carbocycles. The van der Waals surface area contributed by atoms with Crippen LogP contribution in [0.2, 0.25) is 0 Å². The number of rotatable bonds is 4. The van der Waals surface area contributed by atoms with E-state index in [4.69, 9.17) is 0 Å². The lowest BCUT2D eigenvalue weighted by atomic mass is 9.73. The van der Waals surface area contributed by atoms with Crippen LogP contribution in [-0.2, 0) is 11.6 Å². The first-order valence-electron chi connectivity index (χ1n) is 10.9. The van der Waals surface area contributed by atoms with Crippen LogP contribution in [0.4, 0.5) is 13.2 Å². The van der Waals surface area contributed by atoms with Gasteiger partial charge in [-0.25, -0.2) is 0 Å². The second kappa shape index (κ2) is 9.03. The average Bonchev–Trinajstić information content (AvgIpc) is 2.89. The van der Waals surface area contributed by atoms with Crippen molar-refractivity contribution in [1.29, 1.82) is 0 Å². The summed E-state index contributed by atoms with van der Waals surface area (Å²) < 4.78 is 40.0. The lowest BCUT2D eigenvalue weighted by Gasteiger charge is -2.35. The maximum absolute atomic E-state index is 13.3. The summed E-state index contributed by atoms with van der Waals surface area (Å²) in [5.41, 5.74) is 2.55. The molecule has 4 aromatic rings. The fourth-order valence-corrected chi connectivity index (χ4v) is 5.51. The average molecular weight is 471 g/mol. The Morgan fingerprint density at radius 2 is 0.912 bits per heavy atom. The molecule has 0 saturated carbocycles. The molecule has 5 rings (SSSR count). The van der Waals surface area contributed by atoms with E-state index in [1.54, 1.807) is 23.9 Å². The molecule has 0 atom stereocenters. The van der Waals surface area contributed by atoms with Crippen molar-refractivity contribution in [3.8, 4) is 0 Å². The van der Waals surface area contributed by atoms with E-state index in [2.05, 4.69) is 36.4 Å². The molecule has 1 aliphatic heterocycles. The third kappa shape index (κ3) is 4.34. The van der Waals surface area contributed by atoms with Gasteiger partial charge in [-0.1, -0.05) is 127 Å². The quantitative estimate of drug-likeness (QED) is 0.287. The molecule has 34 heavy (non-hydrogen) atoms. The molecular formula is C30H21F3S. The molecule has 168 valence electrons. The molecule has 0 amide bonds. The number of benzene rings is 4. The SMILES string of the molecule is FC(F)(F)c1ccc(C2(c3ccccc3)C=C(c3ccccc3)SC(c3ccccc3)=C2)cc1. The van der Waals surface area contributed by atoms with Gasteiger partial charge in [0, 0.05) is 9.81 Å². The van der Waals surface area contributed by atoms with Gasteiger partial charge in [-0.05, 0) is 34.4 Å². The maximum Gasteiger partial charge on any atom is 0.416 e. The van der Waals surface area contributed by atoms with Crippen molar-refractivity contribution in [2.75, 3.05) is 0 Å². The summed E-state index contributed by atoms with van der Waals surface area (Å²) in [7, 11) is 0. The Morgan fingerprint density at radius 1 is 0.500 bits per heavy atom. The molecule has 0 unspecified atom stereocenters. The predicted molar refractivity (Wildman–Crippen MR) is 135 cm³/mol. The van der Waals surface area contributed by atoms with Crippen LogP contribution in [-0.4, -0.2) is 0 Å². The number of allylic oxidation sites excluding steroid dienone is 2. The molecule has 0 aromatic heterocycles. The minimum absolute atomic E-state index is 0.649. The molecule has 0 spiro atoms. The minimum atomic E-state index is -4.38. The minimum Gasteiger partial charge on any atom is -0.166 e. The molecule has 1 heterocycles. The number of hydrogen-bond acceptors (Lipinski definition) is 1. The van der Waals surface area contributed by atoms with E-state index in [9.17, 15) is 13.2 Å². The topological polar surface area (TPSA) is 0 Å². The molecule has 0 N–H and O–H groups in total. The van der Waals surface area contributed by atoms with Gasteiger partial charge in [0.2, 0.25) is 0 Å². The molecular weight excluding hydrogens is 449 g/mol. The van der Waals surface area contributed by atoms with Crippen LogP contribution in [0.1, 0.15) is 27.8 Å². The van der Waals surface area contributed by atoms with Crippen LogP contribution < -0.4 is 0 Å². The second-order valence-corrected chi connectivity index (χ2v) is 9.25. The zero-order valence-corrected chi connectivity index (χ0v) is 19.0. The van der Waals surface area contributed by atoms with Crippen LogP contribution >= 0.6 is 11.8 Å². The van der Waals surface area contributed by atoms with Crippen molar-refractivity contribution in [2.45, 2.75) is 11.6 Å². The van der Waals surface area contributed by atoms with Gasteiger partial charge in [-0.15, -0.1) is 0 Å². The number of alkyl halides is 3. The third-order valence-electron chi connectivity index (χ3n) is 6.00. The molecule has 0 fully saturated rings. The standard InChI is InChI=1S/C30H21F3S/c31-30(32,33)26-18-16-25(17-19-26)29(24-14-8-3-9-15-24)20-27(22-10-4-1-5-11-22)34-28(21-29)23-12-6-2-7-13-23/h1-21H. The first-order chi connectivity index (χ1) is 16.5. The molecule has 4 heteroatoms. The summed E-state index contributed by atoms with van der Waals surface area (Å²) in [6.45, 7) is 0. The molecule has 0 radical (unpaired) electrons. The molecule has 0 aliphatic carbocycles. The van der Waals surface area contributed by atoms with Gasteiger partial charge in [0.05, 0.1) is 11.0 Å². The highest BCUT2D eigenvalue weighted by molar-refractivity contribution is 8.16. The monoisotopic (exact) mass is 470 g/mol. The lowest BCUT2D eigenvalue weighted by molar-refractivity contribution is -0.137. The van der Waals surface area contributed by atoms with Crippen LogP contribution in [0.25, 0.3) is 9.81 Å². The summed E-state index contributed by atoms with van der Waals surface area (Å²) in [5, 5.41) is 0. The van der Waals surface area contributed by atoms with E-state index < -0.39 is 17.2 Å². The predicted octanol–water partition coefficient (Wildman–Crippen LogP) is 8.82. The van der Waals surface area contributed by atoms with Gasteiger partial charge in [-0.2, -0.15) is 13.2 Å². The van der Waals surface area contributed by atoms with Gasteiger partial charge in [0.15, 0.2) is 0 Å². The van der Waals surface area contributed by atoms with Crippen LogP contribution in [0.15, 0.2) is 127 Å². The van der Waals surface area contributed by atoms with E-state index in [1.807, 2.05) is 66.7 Å². The van der Waals surface area contributed by atoms with E-state index in [-0.39, 0.29) is 0 Å². The van der Waals surface area contributed by atoms with Gasteiger partial charge < -0.3 is 0 Å². The summed E-state index contributed by atoms with van der Waals surface area (Å²) in [6, 6.07) is 35.7. The Balaban J connectivity index is 1.77. The van der Waals surface area contributed by atoms with E-state index >= 15 is 0 Å². The number of thioether (sulfide) groups is 1. The second-order valence-electron chi connectivity index (χ2n) is 8.16. The van der Waals surface area contributed by atoms with Crippen LogP contribution in [0.3, 0.4) is 0 Å². The van der Waals surface area contributed by atoms with E-state index in [0.717, 1.165) is 32.1 Å². The Labute approximate surface area is 201 Å². The normalized spacial score (nSPS) is 15.4. The first kappa shape index (κ1) is 22.3. The largest absolute Gasteiger partial charge is 0.416 e. The van der Waals surface area contributed by atoms with E-state index in [1.165, 1.54) is 12.1 Å². The number of hydrogen-bond donors (Lipinski definition) is 0. The highest BCUT2D eigenvalue weighted by Gasteiger charge is 2.36. The Hall–Kier alpha value is -3.50. The molecule has 0 saturated heterocycles. The van der Waals surface area contributed by atoms with Crippen molar-refractivity contribution >= 4 is 21.6 Å². The maximum atomic E-state index is 13.3. The summed E-state index contributed by atoms with van der Waals surface area (Å²) in [5.74, 6) is 0. The lowest BCUT2D eigenvalue weighted by Crippen LogP contribution is -2.25. The zero-order chi connectivity index (χ0) is 23.6. The van der Waals surface area contributed by atoms with Gasteiger partial charge in [0.25, 0.3) is 0 Å². The van der Waals surface area contributed by atoms with Crippen molar-refractivity contribution in [2.24, 2.45) is 0 Å². The molecule has 0 bridgehead atoms. The Bertz CT molecular complexity index is 1270. The van der Waals surface area contributed by atoms with Crippen molar-refractivity contribution in [1.82, 2.24) is 0 Å². The van der Waals surface area contributed by atoms with Gasteiger partial charge >= 0.3 is 6.18 Å². The van der Waals surface area contributed by atoms with Gasteiger partial charge in [0.1, 0.15) is 0 Å². The molecule has 0 nitrogen and oxygen atoms in total. The van der Waals surface area contributed by atoms with Crippen LogP contribution in [0.5, 0.6) is 0 Å². The third-order valence-corrected chi connectivity index (χ3v) is 7.14. The van der Waals surface area contributed by atoms with Crippen molar-refractivity contribution in [3.05, 3.63) is 155 Å².